The van der Waals surface area contributed by atoms with Gasteiger partial charge in [-0.25, -0.2) is 71.7 Å². The largest absolute Gasteiger partial charge is 0.447 e. The minimum Gasteiger partial charge on any atom is -0.447 e. The number of H-pyrrole nitrogens is 1. The van der Waals surface area contributed by atoms with Gasteiger partial charge in [0.15, 0.2) is 35.1 Å². The Morgan fingerprint density at radius 2 is 0.945 bits per heavy atom. The number of piperazine rings is 1. The van der Waals surface area contributed by atoms with Crippen molar-refractivity contribution in [2.45, 2.75) is 69.2 Å². The van der Waals surface area contributed by atoms with Crippen LogP contribution in [0.25, 0.3) is 22.3 Å². The van der Waals surface area contributed by atoms with Crippen LogP contribution in [-0.2, 0) is 69.5 Å². The summed E-state index contributed by atoms with van der Waals surface area (Å²) in [6, 6.07) is 2.78. The molecule has 0 bridgehead atoms. The van der Waals surface area contributed by atoms with Gasteiger partial charge < -0.3 is 84.2 Å². The number of aromatic amines is 1. The number of hydrogen-bond acceptors (Lipinski definition) is 32. The van der Waals surface area contributed by atoms with Crippen LogP contribution < -0.4 is 39.9 Å². The molecule has 4 unspecified atom stereocenters. The number of carbonyl (C=O) groups excluding carboxylic acids is 1. The Balaban J connectivity index is 0.823. The molecule has 1 amide bonds. The van der Waals surface area contributed by atoms with Gasteiger partial charge in [0.25, 0.3) is 5.56 Å². The number of fused-ring (bicyclic) bond motifs is 2. The van der Waals surface area contributed by atoms with Crippen molar-refractivity contribution in [1.82, 2.24) is 105 Å². The fourth-order valence-corrected chi connectivity index (χ4v) is 21.0. The highest BCUT2D eigenvalue weighted by atomic mass is 31.2. The van der Waals surface area contributed by atoms with Gasteiger partial charge in [0.2, 0.25) is 5.95 Å². The third kappa shape index (κ3) is 19.0. The molecule has 610 valence electrons. The number of nitrogens with one attached hydrogen (secondary N) is 1. The molecule has 6 aromatic rings. The van der Waals surface area contributed by atoms with Crippen molar-refractivity contribution in [3.05, 3.63) is 74.8 Å². The van der Waals surface area contributed by atoms with Gasteiger partial charge in [-0.1, -0.05) is 0 Å². The number of aliphatic hydroxyl groups excluding tert-OH is 1. The number of nitrogen functional groups attached to an aromatic ring is 4. The summed E-state index contributed by atoms with van der Waals surface area (Å²) in [6.45, 7) is 3.29. The molecule has 5 aliphatic rings. The third-order valence-electron chi connectivity index (χ3n) is 18.8. The molecule has 11 heterocycles. The summed E-state index contributed by atoms with van der Waals surface area (Å²) >= 11 is 0. The van der Waals surface area contributed by atoms with Crippen molar-refractivity contribution in [2.24, 2.45) is 0 Å². The van der Waals surface area contributed by atoms with E-state index in [1.807, 2.05) is 13.8 Å². The van der Waals surface area contributed by atoms with Crippen LogP contribution in [0.15, 0.2) is 57.9 Å². The molecule has 5 fully saturated rings. The first-order valence-electron chi connectivity index (χ1n) is 35.4. The lowest BCUT2D eigenvalue weighted by atomic mass is 10.2. The molecule has 6 aromatic heterocycles. The van der Waals surface area contributed by atoms with Crippen LogP contribution in [-0.4, -0.2) is 348 Å². The molecular formula is C60H100N26O20P4. The van der Waals surface area contributed by atoms with Crippen LogP contribution in [0.1, 0.15) is 38.8 Å². The Bertz CT molecular complexity index is 4530. The highest BCUT2D eigenvalue weighted by Crippen LogP contribution is 2.59. The summed E-state index contributed by atoms with van der Waals surface area (Å²) in [5.41, 5.74) is 22.9. The molecule has 0 spiro atoms. The number of nitrogens with two attached hydrogens (primary N) is 4. The number of amides is 1. The molecular weight excluding hydrogens is 1530 g/mol. The van der Waals surface area contributed by atoms with Gasteiger partial charge in [-0.2, -0.15) is 15.0 Å². The quantitative estimate of drug-likeness (QED) is 0.0224. The maximum Gasteiger partial charge on any atom is 0.409 e. The normalized spacial score (nSPS) is 24.9. The van der Waals surface area contributed by atoms with E-state index in [1.165, 1.54) is 105 Å². The van der Waals surface area contributed by atoms with Crippen LogP contribution in [0.4, 0.5) is 28.2 Å². The first-order valence-corrected chi connectivity index (χ1v) is 41.5. The maximum atomic E-state index is 16.2. The SMILES string of the molecule is CC(C)N1C[C@@H](COP(=O)(N(C)C)N2C[C@@H](COP(=O)(N(C)C)N3C[C@@H](COP(=O)(N(C)C)N4C[C@@H](COP(=O)(N(C)C)N5CCN(C(=O)OCCOCCOCCO)CC5)O[C@@H](n5ccc(N)nc5=O)C4)O[C@@H](n4ccc(N)nc4=O)C3)O[C@@H](n3cnc4c(N)ncnc43)C2)O[C@@H](n2cnc3c(=O)[nH]c(N)nc32)C1. The first kappa shape index (κ1) is 84.2. The van der Waals surface area contributed by atoms with Gasteiger partial charge >= 0.3 is 48.2 Å². The molecule has 5 saturated heterocycles. The van der Waals surface area contributed by atoms with E-state index < -0.39 is 116 Å². The van der Waals surface area contributed by atoms with Crippen molar-refractivity contribution < 1.29 is 79.4 Å². The van der Waals surface area contributed by atoms with Crippen molar-refractivity contribution >= 4 is 82.5 Å². The highest BCUT2D eigenvalue weighted by Gasteiger charge is 2.50. The monoisotopic (exact) mass is 1630 g/mol. The summed E-state index contributed by atoms with van der Waals surface area (Å²) in [6.07, 6.45) is -1.92. The maximum absolute atomic E-state index is 16.2. The Morgan fingerprint density at radius 3 is 1.40 bits per heavy atom. The highest BCUT2D eigenvalue weighted by molar-refractivity contribution is 7.54. The van der Waals surface area contributed by atoms with Crippen LogP contribution in [0.5, 0.6) is 0 Å². The molecule has 5 aliphatic heterocycles. The second-order valence-corrected chi connectivity index (χ2v) is 37.9. The number of anilines is 4. The van der Waals surface area contributed by atoms with Crippen LogP contribution in [0.2, 0.25) is 0 Å². The number of aliphatic hydroxyl groups is 1. The molecule has 0 saturated carbocycles. The number of hydrogen-bond donors (Lipinski definition) is 6. The molecule has 110 heavy (non-hydrogen) atoms. The van der Waals surface area contributed by atoms with Gasteiger partial charge in [0.05, 0.1) is 116 Å². The van der Waals surface area contributed by atoms with E-state index in [2.05, 4.69) is 44.8 Å². The lowest BCUT2D eigenvalue weighted by Crippen LogP contribution is -2.52. The van der Waals surface area contributed by atoms with Gasteiger partial charge in [-0.15, -0.1) is 0 Å². The van der Waals surface area contributed by atoms with E-state index in [1.54, 1.807) is 46.7 Å². The minimum atomic E-state index is -4.36. The van der Waals surface area contributed by atoms with Crippen LogP contribution in [0, 0.1) is 0 Å². The predicted octanol–water partition coefficient (Wildman–Crippen LogP) is -0.467. The number of carbonyl (C=O) groups is 1. The topological polar surface area (TPSA) is 521 Å². The van der Waals surface area contributed by atoms with E-state index in [0.29, 0.717) is 13.1 Å². The summed E-state index contributed by atoms with van der Waals surface area (Å²) in [7, 11) is -4.25. The summed E-state index contributed by atoms with van der Waals surface area (Å²) in [5, 5.41) is 8.89. The summed E-state index contributed by atoms with van der Waals surface area (Å²) in [4.78, 5) is 89.0. The average molecular weight is 1630 g/mol. The van der Waals surface area contributed by atoms with Gasteiger partial charge in [0.1, 0.15) is 42.5 Å². The first-order chi connectivity index (χ1) is 52.3. The van der Waals surface area contributed by atoms with Crippen molar-refractivity contribution in [3.63, 3.8) is 0 Å². The van der Waals surface area contributed by atoms with Crippen molar-refractivity contribution in [1.29, 1.82) is 0 Å². The number of morpholine rings is 4. The number of ether oxygens (including phenoxy) is 7. The van der Waals surface area contributed by atoms with Gasteiger partial charge in [-0.3, -0.25) is 51.2 Å². The lowest BCUT2D eigenvalue weighted by Gasteiger charge is -2.46. The molecule has 0 aliphatic carbocycles. The molecule has 50 heteroatoms. The Kier molecular flexibility index (Phi) is 27.7. The zero-order valence-corrected chi connectivity index (χ0v) is 66.6. The number of aromatic nitrogens is 12. The Hall–Kier alpha value is -6.75. The lowest BCUT2D eigenvalue weighted by molar-refractivity contribution is -0.140. The van der Waals surface area contributed by atoms with Crippen molar-refractivity contribution in [3.8, 4) is 0 Å². The standard InChI is InChI=1S/C60H100N26O20P4/c1-40(2)78-25-41(103-47(29-78)86-39-68-52-55(86)71-57(64)72-56(52)88)33-100-110(95,76(9)10)82-28-44(106-50(32-82)85-38-67-51-53(63)65-37-66-54(51)85)36-102-109(94,75(7)8)81-27-43(105-49(31-81)84-14-12-46(62)70-59(84)90)35-101-108(93,74(5)6)80-26-42(104-48(30-80)83-13-11-45(61)69-58(83)89)34-99-107(92,73(3)4)79-17-15-77(16-18-79)60(91)98-24-23-97-22-21-96-20-19-87/h11-14,37-44,47-50,87H,15-36H2,1-10H3,(H2,61,69,89)(H2,62,70,90)(H2,63,65,66)(H3,64,71,72,88)/t41-,42-,43-,44-,47+,48+,49+,50+,107?,108?,109?,110?/m0/s1. The fraction of sp³-hybridized carbons (Fsp3) is 0.683. The molecule has 12 atom stereocenters. The predicted molar refractivity (Wildman–Crippen MR) is 397 cm³/mol. The van der Waals surface area contributed by atoms with E-state index in [9.17, 15) is 19.2 Å². The van der Waals surface area contributed by atoms with E-state index in [4.69, 9.17) is 79.3 Å². The minimum absolute atomic E-state index is 0.00793. The number of imidazole rings is 2. The Morgan fingerprint density at radius 1 is 0.527 bits per heavy atom. The van der Waals surface area contributed by atoms with E-state index in [-0.39, 0.29) is 170 Å². The summed E-state index contributed by atoms with van der Waals surface area (Å²) < 4.78 is 150. The number of rotatable bonds is 33. The zero-order chi connectivity index (χ0) is 79.1. The average Bonchev–Trinajstić information content (AvgIpc) is 1.30. The fourth-order valence-electron chi connectivity index (χ4n) is 13.1. The van der Waals surface area contributed by atoms with Gasteiger partial charge in [-0.05, 0) is 82.4 Å². The van der Waals surface area contributed by atoms with Crippen LogP contribution >= 0.6 is 30.7 Å². The molecule has 11 rings (SSSR count). The molecule has 46 nitrogen and oxygen atoms in total. The molecule has 0 radical (unpaired) electrons. The number of nitrogens with zero attached hydrogens (tertiary/aromatic N) is 21. The molecule has 10 N–H and O–H groups in total. The van der Waals surface area contributed by atoms with E-state index in [0.717, 1.165) is 9.13 Å². The zero-order valence-electron chi connectivity index (χ0n) is 63.0. The second-order valence-electron chi connectivity index (χ2n) is 27.5. The molecule has 0 aromatic carbocycles. The van der Waals surface area contributed by atoms with Crippen molar-refractivity contribution in [2.75, 3.05) is 224 Å². The smallest absolute Gasteiger partial charge is 0.409 e. The second kappa shape index (κ2) is 36.2. The van der Waals surface area contributed by atoms with Crippen LogP contribution in [0.3, 0.4) is 0 Å². The Labute approximate surface area is 632 Å². The third-order valence-corrected chi connectivity index (χ3v) is 29.0. The van der Waals surface area contributed by atoms with E-state index >= 15 is 18.3 Å². The summed E-state index contributed by atoms with van der Waals surface area (Å²) in [5.74, 6) is -0.165. The van der Waals surface area contributed by atoms with Gasteiger partial charge in [0, 0.05) is 77.3 Å².